The van der Waals surface area contributed by atoms with E-state index in [0.717, 1.165) is 62.1 Å². The van der Waals surface area contributed by atoms with E-state index < -0.39 is 0 Å². The molecule has 5 heterocycles. The molecule has 30 heavy (non-hydrogen) atoms. The minimum absolute atomic E-state index is 0.0331. The fraction of sp³-hybridized carbons (Fsp3) is 0.591. The summed E-state index contributed by atoms with van der Waals surface area (Å²) in [5, 5.41) is 14.0. The number of nitrogens with one attached hydrogen (secondary N) is 3. The third-order valence-electron chi connectivity index (χ3n) is 7.25. The SMILES string of the molecule is C[C@H]1CC23CC(C2)(C3)NC(=O)O[C@@H]2CC[C@@H](C2)c2cc(n[nH]2)Nc2ccnc(c2)O1. The van der Waals surface area contributed by atoms with Gasteiger partial charge in [-0.05, 0) is 63.4 Å². The van der Waals surface area contributed by atoms with Gasteiger partial charge in [-0.3, -0.25) is 5.10 Å². The third-order valence-corrected chi connectivity index (χ3v) is 7.25. The lowest BCUT2D eigenvalue weighted by Crippen LogP contribution is -2.75. The molecule has 1 amide bonds. The minimum Gasteiger partial charge on any atom is -0.475 e. The van der Waals surface area contributed by atoms with Gasteiger partial charge in [0, 0.05) is 41.2 Å². The van der Waals surface area contributed by atoms with Gasteiger partial charge < -0.3 is 20.1 Å². The van der Waals surface area contributed by atoms with Crippen molar-refractivity contribution in [2.45, 2.75) is 75.5 Å². The van der Waals surface area contributed by atoms with Gasteiger partial charge in [-0.15, -0.1) is 0 Å². The summed E-state index contributed by atoms with van der Waals surface area (Å²) in [7, 11) is 0. The molecule has 4 fully saturated rings. The summed E-state index contributed by atoms with van der Waals surface area (Å²) in [6.07, 6.45) is 8.24. The number of hydrogen-bond acceptors (Lipinski definition) is 6. The summed E-state index contributed by atoms with van der Waals surface area (Å²) in [5.41, 5.74) is 2.20. The fourth-order valence-electron chi connectivity index (χ4n) is 6.24. The number of pyridine rings is 1. The lowest BCUT2D eigenvalue weighted by molar-refractivity contribution is -0.166. The monoisotopic (exact) mass is 409 g/mol. The van der Waals surface area contributed by atoms with Crippen LogP contribution in [0.5, 0.6) is 5.88 Å². The molecule has 0 spiro atoms. The van der Waals surface area contributed by atoms with Crippen LogP contribution in [0.15, 0.2) is 24.4 Å². The highest BCUT2D eigenvalue weighted by molar-refractivity contribution is 5.69. The second kappa shape index (κ2) is 6.36. The van der Waals surface area contributed by atoms with Gasteiger partial charge >= 0.3 is 6.09 Å². The van der Waals surface area contributed by atoms with Crippen LogP contribution >= 0.6 is 0 Å². The molecule has 0 aromatic carbocycles. The van der Waals surface area contributed by atoms with Crippen molar-refractivity contribution in [2.24, 2.45) is 5.41 Å². The van der Waals surface area contributed by atoms with E-state index in [1.165, 1.54) is 0 Å². The summed E-state index contributed by atoms with van der Waals surface area (Å²) in [5.74, 6) is 1.70. The van der Waals surface area contributed by atoms with Crippen LogP contribution in [0.2, 0.25) is 0 Å². The first kappa shape index (κ1) is 18.0. The predicted octanol–water partition coefficient (Wildman–Crippen LogP) is 4.00. The van der Waals surface area contributed by atoms with Crippen molar-refractivity contribution in [1.82, 2.24) is 20.5 Å². The van der Waals surface area contributed by atoms with Gasteiger partial charge in [0.1, 0.15) is 6.10 Å². The average molecular weight is 409 g/mol. The predicted molar refractivity (Wildman–Crippen MR) is 110 cm³/mol. The van der Waals surface area contributed by atoms with Gasteiger partial charge in [-0.1, -0.05) is 0 Å². The maximum atomic E-state index is 12.5. The molecule has 8 heteroatoms. The standard InChI is InChI=1S/C22H27N5O3/c1-13-9-21-10-22(11-21,12-21)25-20(28)30-16-3-2-14(6-16)17-8-18(27-26-17)24-15-4-5-23-19(7-15)29-13/h4-5,7-8,13-14,16H,2-3,6,9-12H2,1H3,(H,25,28)(H2,24,26,27)/t13-,14-,16+,21?,22?/m0/s1. The number of anilines is 2. The molecule has 0 radical (unpaired) electrons. The number of carbonyl (C=O) groups excluding carboxylic acids is 1. The van der Waals surface area contributed by atoms with E-state index in [1.807, 2.05) is 18.2 Å². The van der Waals surface area contributed by atoms with Crippen molar-refractivity contribution >= 4 is 17.6 Å². The smallest absolute Gasteiger partial charge is 0.407 e. The van der Waals surface area contributed by atoms with E-state index in [-0.39, 0.29) is 29.3 Å². The van der Waals surface area contributed by atoms with Gasteiger partial charge in [0.25, 0.3) is 0 Å². The van der Waals surface area contributed by atoms with E-state index in [1.54, 1.807) is 6.20 Å². The number of hydrogen-bond donors (Lipinski definition) is 3. The third kappa shape index (κ3) is 3.09. The van der Waals surface area contributed by atoms with Crippen molar-refractivity contribution < 1.29 is 14.3 Å². The summed E-state index contributed by atoms with van der Waals surface area (Å²) < 4.78 is 11.9. The Labute approximate surface area is 175 Å². The molecule has 8 bridgehead atoms. The van der Waals surface area contributed by atoms with Crippen molar-refractivity contribution in [3.8, 4) is 5.88 Å². The quantitative estimate of drug-likeness (QED) is 0.608. The zero-order chi connectivity index (χ0) is 20.3. The molecule has 4 saturated carbocycles. The first-order chi connectivity index (χ1) is 14.5. The highest BCUT2D eigenvalue weighted by Gasteiger charge is 2.68. The number of rotatable bonds is 0. The molecular weight excluding hydrogens is 382 g/mol. The zero-order valence-electron chi connectivity index (χ0n) is 17.1. The number of aromatic amines is 1. The van der Waals surface area contributed by atoms with Gasteiger partial charge in [0.05, 0.1) is 6.10 Å². The molecule has 3 N–H and O–H groups in total. The molecule has 4 aliphatic carbocycles. The van der Waals surface area contributed by atoms with E-state index in [4.69, 9.17) is 9.47 Å². The first-order valence-electron chi connectivity index (χ1n) is 10.9. The van der Waals surface area contributed by atoms with Gasteiger partial charge in [-0.25, -0.2) is 9.78 Å². The van der Waals surface area contributed by atoms with E-state index in [9.17, 15) is 4.79 Å². The summed E-state index contributed by atoms with van der Waals surface area (Å²) in [6.45, 7) is 2.09. The van der Waals surface area contributed by atoms with Crippen LogP contribution in [0.25, 0.3) is 0 Å². The summed E-state index contributed by atoms with van der Waals surface area (Å²) in [4.78, 5) is 16.8. The van der Waals surface area contributed by atoms with Gasteiger partial charge in [0.2, 0.25) is 5.88 Å². The lowest BCUT2D eigenvalue weighted by atomic mass is 9.38. The lowest BCUT2D eigenvalue weighted by Gasteiger charge is -2.71. The van der Waals surface area contributed by atoms with Crippen LogP contribution in [0.3, 0.4) is 0 Å². The largest absolute Gasteiger partial charge is 0.475 e. The molecule has 8 nitrogen and oxygen atoms in total. The molecule has 2 aromatic rings. The Bertz CT molecular complexity index is 969. The molecule has 2 aromatic heterocycles. The Morgan fingerprint density at radius 1 is 1.17 bits per heavy atom. The minimum atomic E-state index is -0.261. The van der Waals surface area contributed by atoms with Crippen molar-refractivity contribution in [2.75, 3.05) is 5.32 Å². The van der Waals surface area contributed by atoms with Crippen LogP contribution in [-0.2, 0) is 4.74 Å². The van der Waals surface area contributed by atoms with Crippen molar-refractivity contribution in [3.05, 3.63) is 30.1 Å². The summed E-state index contributed by atoms with van der Waals surface area (Å²) in [6, 6.07) is 5.87. The number of ether oxygens (including phenoxy) is 2. The first-order valence-corrected chi connectivity index (χ1v) is 10.9. The number of H-pyrrole nitrogens is 1. The number of aromatic nitrogens is 3. The highest BCUT2D eigenvalue weighted by Crippen LogP contribution is 2.69. The number of alkyl carbamates (subject to hydrolysis) is 1. The van der Waals surface area contributed by atoms with Crippen LogP contribution in [-0.4, -0.2) is 39.0 Å². The Hall–Kier alpha value is -2.77. The van der Waals surface area contributed by atoms with Crippen LogP contribution < -0.4 is 15.4 Å². The molecule has 0 saturated heterocycles. The van der Waals surface area contributed by atoms with Crippen LogP contribution in [0, 0.1) is 5.41 Å². The summed E-state index contributed by atoms with van der Waals surface area (Å²) >= 11 is 0. The molecule has 9 rings (SSSR count). The molecular formula is C22H27N5O3. The zero-order valence-corrected chi connectivity index (χ0v) is 17.1. The Morgan fingerprint density at radius 3 is 2.90 bits per heavy atom. The maximum absolute atomic E-state index is 12.5. The highest BCUT2D eigenvalue weighted by atomic mass is 16.6. The average Bonchev–Trinajstić information content (AvgIpc) is 3.28. The van der Waals surface area contributed by atoms with Crippen LogP contribution in [0.4, 0.5) is 16.3 Å². The van der Waals surface area contributed by atoms with Crippen LogP contribution in [0.1, 0.15) is 63.5 Å². The topological polar surface area (TPSA) is 101 Å². The number of carbonyl (C=O) groups is 1. The molecule has 3 atom stereocenters. The fourth-order valence-corrected chi connectivity index (χ4v) is 6.24. The van der Waals surface area contributed by atoms with Crippen molar-refractivity contribution in [3.63, 3.8) is 0 Å². The molecule has 7 aliphatic rings. The maximum Gasteiger partial charge on any atom is 0.407 e. The van der Waals surface area contributed by atoms with Crippen molar-refractivity contribution in [1.29, 1.82) is 0 Å². The Kier molecular flexibility index (Phi) is 3.82. The number of amides is 1. The molecule has 0 unspecified atom stereocenters. The number of nitrogens with zero attached hydrogens (tertiary/aromatic N) is 2. The van der Waals surface area contributed by atoms with E-state index in [2.05, 4.69) is 32.7 Å². The molecule has 3 aliphatic heterocycles. The Balaban J connectivity index is 1.25. The second-order valence-corrected chi connectivity index (χ2v) is 9.82. The van der Waals surface area contributed by atoms with Gasteiger partial charge in [-0.2, -0.15) is 5.10 Å². The molecule has 158 valence electrons. The normalized spacial score (nSPS) is 37.0. The van der Waals surface area contributed by atoms with Gasteiger partial charge in [0.15, 0.2) is 5.82 Å². The second-order valence-electron chi connectivity index (χ2n) is 9.82. The van der Waals surface area contributed by atoms with E-state index >= 15 is 0 Å². The Morgan fingerprint density at radius 2 is 2.03 bits per heavy atom. The van der Waals surface area contributed by atoms with E-state index in [0.29, 0.717) is 11.8 Å².